The molecule has 0 fully saturated rings. The highest BCUT2D eigenvalue weighted by Crippen LogP contribution is 2.08. The van der Waals surface area contributed by atoms with E-state index in [-0.39, 0.29) is 12.2 Å². The van der Waals surface area contributed by atoms with E-state index >= 15 is 0 Å². The summed E-state index contributed by atoms with van der Waals surface area (Å²) in [6.45, 7) is 17.6. The number of carbonyl (C=O) groups is 2. The van der Waals surface area contributed by atoms with Crippen LogP contribution < -0.4 is 0 Å². The average Bonchev–Trinajstić information content (AvgIpc) is 2.80. The van der Waals surface area contributed by atoms with Crippen LogP contribution in [0.5, 0.6) is 0 Å². The first-order valence-corrected chi connectivity index (χ1v) is 10.0. The van der Waals surface area contributed by atoms with Crippen LogP contribution in [0.2, 0.25) is 0 Å². The molecule has 2 aromatic carbocycles. The van der Waals surface area contributed by atoms with Gasteiger partial charge in [-0.2, -0.15) is 0 Å². The van der Waals surface area contributed by atoms with Crippen LogP contribution in [0.4, 0.5) is 0 Å². The molecule has 0 atom stereocenters. The third kappa shape index (κ3) is 19.7. The summed E-state index contributed by atoms with van der Waals surface area (Å²) in [5, 5.41) is 7.72. The maximum Gasteiger partial charge on any atom is 0.303 e. The van der Waals surface area contributed by atoms with E-state index in [4.69, 9.17) is 5.11 Å². The summed E-state index contributed by atoms with van der Waals surface area (Å²) in [7, 11) is 0. The van der Waals surface area contributed by atoms with Gasteiger partial charge in [-0.1, -0.05) is 123 Å². The highest BCUT2D eigenvalue weighted by Gasteiger charge is 2.06. The second kappa shape index (κ2) is 28.4. The summed E-state index contributed by atoms with van der Waals surface area (Å²) in [5.74, 6) is -0.670. The Labute approximate surface area is 167 Å². The molecule has 3 nitrogen and oxygen atoms in total. The van der Waals surface area contributed by atoms with E-state index in [1.54, 1.807) is 6.92 Å². The molecule has 0 unspecified atom stereocenters. The Morgan fingerprint density at radius 3 is 1.04 bits per heavy atom. The number of carbonyl (C=O) groups excluding carboxylic acids is 1. The quantitative estimate of drug-likeness (QED) is 0.564. The molecular formula is C24H40O3. The van der Waals surface area contributed by atoms with Crippen molar-refractivity contribution in [3.63, 3.8) is 0 Å². The minimum Gasteiger partial charge on any atom is -0.481 e. The lowest BCUT2D eigenvalue weighted by Crippen LogP contribution is -1.99. The Bertz CT molecular complexity index is 478. The third-order valence-corrected chi connectivity index (χ3v) is 2.37. The van der Waals surface area contributed by atoms with Gasteiger partial charge >= 0.3 is 5.97 Å². The average molecular weight is 377 g/mol. The number of aliphatic carboxylic acids is 1. The molecule has 2 aromatic rings. The molecule has 0 spiro atoms. The zero-order chi connectivity index (χ0) is 22.1. The fourth-order valence-corrected chi connectivity index (χ4v) is 1.35. The largest absolute Gasteiger partial charge is 0.481 e. The number of carboxylic acid groups (broad SMARTS) is 1. The van der Waals surface area contributed by atoms with E-state index in [0.29, 0.717) is 0 Å². The Kier molecular flexibility index (Phi) is 33.9. The lowest BCUT2D eigenvalue weighted by atomic mass is 10.0. The normalized spacial score (nSPS) is 7.30. The van der Waals surface area contributed by atoms with Crippen molar-refractivity contribution in [2.24, 2.45) is 0 Å². The molecule has 2 rings (SSSR count). The maximum absolute atomic E-state index is 11.8. The second-order valence-electron chi connectivity index (χ2n) is 3.81. The van der Waals surface area contributed by atoms with Gasteiger partial charge in [0.25, 0.3) is 0 Å². The molecule has 0 aromatic heterocycles. The van der Waals surface area contributed by atoms with Gasteiger partial charge in [-0.15, -0.1) is 0 Å². The first-order valence-electron chi connectivity index (χ1n) is 10.0. The Morgan fingerprint density at radius 2 is 0.852 bits per heavy atom. The van der Waals surface area contributed by atoms with E-state index in [9.17, 15) is 9.59 Å². The highest BCUT2D eigenvalue weighted by molar-refractivity contribution is 6.08. The number of benzene rings is 2. The molecule has 1 N–H and O–H groups in total. The van der Waals surface area contributed by atoms with E-state index in [2.05, 4.69) is 0 Å². The fraction of sp³-hybridized carbons (Fsp3) is 0.417. The summed E-state index contributed by atoms with van der Waals surface area (Å²) < 4.78 is 0. The van der Waals surface area contributed by atoms with E-state index in [1.165, 1.54) is 0 Å². The van der Waals surface area contributed by atoms with Crippen molar-refractivity contribution >= 4 is 11.8 Å². The minimum atomic E-state index is -0.745. The first kappa shape index (κ1) is 32.3. The van der Waals surface area contributed by atoms with Crippen LogP contribution >= 0.6 is 0 Å². The maximum atomic E-state index is 11.8. The minimum absolute atomic E-state index is 0.0752. The van der Waals surface area contributed by atoms with Gasteiger partial charge in [0, 0.05) is 17.5 Å². The van der Waals surface area contributed by atoms with Gasteiger partial charge < -0.3 is 5.11 Å². The van der Waals surface area contributed by atoms with Crippen LogP contribution in [0, 0.1) is 0 Å². The summed E-state index contributed by atoms with van der Waals surface area (Å²) in [6.07, 6.45) is 0.222. The third-order valence-electron chi connectivity index (χ3n) is 2.37. The predicted molar refractivity (Wildman–Crippen MR) is 120 cm³/mol. The molecule has 0 saturated carbocycles. The Morgan fingerprint density at radius 1 is 0.630 bits per heavy atom. The summed E-state index contributed by atoms with van der Waals surface area (Å²) >= 11 is 0. The monoisotopic (exact) mass is 376 g/mol. The summed E-state index contributed by atoms with van der Waals surface area (Å²) in [6, 6.07) is 18.6. The van der Waals surface area contributed by atoms with Gasteiger partial charge in [-0.05, 0) is 0 Å². The van der Waals surface area contributed by atoms with E-state index in [1.807, 2.05) is 116 Å². The van der Waals surface area contributed by atoms with Crippen LogP contribution in [-0.4, -0.2) is 16.9 Å². The predicted octanol–water partition coefficient (Wildman–Crippen LogP) is 7.50. The molecule has 154 valence electrons. The van der Waals surface area contributed by atoms with Gasteiger partial charge in [-0.25, -0.2) is 0 Å². The topological polar surface area (TPSA) is 54.4 Å². The van der Waals surface area contributed by atoms with Gasteiger partial charge in [0.15, 0.2) is 5.78 Å². The molecule has 0 radical (unpaired) electrons. The van der Waals surface area contributed by atoms with Crippen molar-refractivity contribution in [3.05, 3.63) is 71.8 Å². The van der Waals surface area contributed by atoms with Crippen LogP contribution in [-0.2, 0) is 4.79 Å². The van der Waals surface area contributed by atoms with E-state index < -0.39 is 5.97 Å². The Balaban J connectivity index is -0.000000172. The fourth-order valence-electron chi connectivity index (χ4n) is 1.35. The van der Waals surface area contributed by atoms with Crippen LogP contribution in [0.15, 0.2) is 60.7 Å². The van der Waals surface area contributed by atoms with Crippen molar-refractivity contribution in [1.29, 1.82) is 0 Å². The second-order valence-corrected chi connectivity index (χ2v) is 3.81. The summed E-state index contributed by atoms with van der Waals surface area (Å²) in [5.41, 5.74) is 1.47. The van der Waals surface area contributed by atoms with Gasteiger partial charge in [0.2, 0.25) is 0 Å². The van der Waals surface area contributed by atoms with Crippen LogP contribution in [0.1, 0.15) is 84.7 Å². The van der Waals surface area contributed by atoms with Crippen LogP contribution in [0.25, 0.3) is 0 Å². The van der Waals surface area contributed by atoms with Crippen molar-refractivity contribution in [3.8, 4) is 0 Å². The van der Waals surface area contributed by atoms with E-state index in [0.717, 1.165) is 11.1 Å². The van der Waals surface area contributed by atoms with Crippen molar-refractivity contribution in [2.75, 3.05) is 0 Å². The van der Waals surface area contributed by atoms with Crippen molar-refractivity contribution < 1.29 is 14.7 Å². The molecule has 0 amide bonds. The molecule has 0 aliphatic carbocycles. The number of hydrogen-bond acceptors (Lipinski definition) is 2. The van der Waals surface area contributed by atoms with Crippen LogP contribution in [0.3, 0.4) is 0 Å². The first-order chi connectivity index (χ1) is 13.1. The molecule has 3 heteroatoms. The van der Waals surface area contributed by atoms with Gasteiger partial charge in [0.05, 0.1) is 0 Å². The zero-order valence-electron chi connectivity index (χ0n) is 18.7. The molecule has 27 heavy (non-hydrogen) atoms. The number of ketones is 1. The van der Waals surface area contributed by atoms with Crippen molar-refractivity contribution in [2.45, 2.75) is 68.7 Å². The SMILES string of the molecule is CC.CC.CC.CC.CCC(=O)O.O=C(c1ccccc1)c1ccccc1. The lowest BCUT2D eigenvalue weighted by Gasteiger charge is -1.99. The zero-order valence-corrected chi connectivity index (χ0v) is 18.7. The number of carboxylic acids is 1. The molecule has 0 bridgehead atoms. The standard InChI is InChI=1S/C13H10O.C3H6O2.4C2H6/c14-13(11-7-3-1-4-8-11)12-9-5-2-6-10-12;1-2-3(4)5;4*1-2/h1-10H;2H2,1H3,(H,4,5);4*1-2H3. The summed E-state index contributed by atoms with van der Waals surface area (Å²) in [4.78, 5) is 21.2. The Hall–Kier alpha value is -2.42. The van der Waals surface area contributed by atoms with Crippen molar-refractivity contribution in [1.82, 2.24) is 0 Å². The molecule has 0 aliphatic heterocycles. The molecule has 0 aliphatic rings. The molecule has 0 saturated heterocycles. The lowest BCUT2D eigenvalue weighted by molar-refractivity contribution is -0.136. The highest BCUT2D eigenvalue weighted by atomic mass is 16.4. The van der Waals surface area contributed by atoms with Gasteiger partial charge in [-0.3, -0.25) is 9.59 Å². The number of rotatable bonds is 3. The number of hydrogen-bond donors (Lipinski definition) is 1. The smallest absolute Gasteiger partial charge is 0.303 e. The molecular weight excluding hydrogens is 336 g/mol. The van der Waals surface area contributed by atoms with Gasteiger partial charge in [0.1, 0.15) is 0 Å². The molecule has 0 heterocycles.